The predicted octanol–water partition coefficient (Wildman–Crippen LogP) is 1.05. The molecule has 1 aromatic carbocycles. The lowest BCUT2D eigenvalue weighted by atomic mass is 9.94. The summed E-state index contributed by atoms with van der Waals surface area (Å²) in [7, 11) is -4.73. The molecule has 0 aromatic heterocycles. The summed E-state index contributed by atoms with van der Waals surface area (Å²) in [5, 5.41) is 11.5. The molecule has 0 bridgehead atoms. The second-order valence-electron chi connectivity index (χ2n) is 5.44. The second kappa shape index (κ2) is 6.81. The van der Waals surface area contributed by atoms with Crippen LogP contribution in [-0.4, -0.2) is 49.9 Å². The zero-order valence-corrected chi connectivity index (χ0v) is 13.2. The molecule has 2 N–H and O–H groups in total. The number of rotatable bonds is 6. The molecule has 7 nitrogen and oxygen atoms in total. The molecular weight excluding hydrogens is 348 g/mol. The van der Waals surface area contributed by atoms with E-state index in [1.807, 2.05) is 0 Å². The number of alkyl halides is 2. The van der Waals surface area contributed by atoms with Gasteiger partial charge in [-0.25, -0.2) is 8.42 Å². The number of halogens is 2. The summed E-state index contributed by atoms with van der Waals surface area (Å²) in [6.45, 7) is 0.349. The topological polar surface area (TPSA) is 110 Å². The first-order valence-electron chi connectivity index (χ1n) is 6.90. The van der Waals surface area contributed by atoms with Crippen LogP contribution in [0.25, 0.3) is 0 Å². The molecule has 1 heterocycles. The molecule has 1 aromatic rings. The highest BCUT2D eigenvalue weighted by atomic mass is 32.2. The third-order valence-corrected chi connectivity index (χ3v) is 5.05. The van der Waals surface area contributed by atoms with Crippen LogP contribution in [0.15, 0.2) is 29.2 Å². The summed E-state index contributed by atoms with van der Waals surface area (Å²) in [6.07, 6.45) is -0.000525. The van der Waals surface area contributed by atoms with Crippen molar-refractivity contribution in [2.24, 2.45) is 0 Å². The quantitative estimate of drug-likeness (QED) is 0.782. The molecule has 1 unspecified atom stereocenters. The normalized spacial score (nSPS) is 21.0. The van der Waals surface area contributed by atoms with Crippen molar-refractivity contribution >= 4 is 21.7 Å². The maximum Gasteiger partial charge on any atom is 0.341 e. The standard InChI is InChI=1S/C14H15F2NO6S/c15-13(16)24(21,22)10-3-1-9(2-4-10)12(20)17-14(7-11(18)19)5-6-23-8-14/h1-4,13H,5-8H2,(H,17,20)(H,18,19). The number of carboxylic acid groups (broad SMARTS) is 1. The Labute approximate surface area is 136 Å². The molecule has 1 aliphatic rings. The number of carbonyl (C=O) groups excluding carboxylic acids is 1. The number of amides is 1. The van der Waals surface area contributed by atoms with Gasteiger partial charge in [0.15, 0.2) is 0 Å². The molecule has 1 amide bonds. The molecule has 1 fully saturated rings. The van der Waals surface area contributed by atoms with E-state index >= 15 is 0 Å². The van der Waals surface area contributed by atoms with Gasteiger partial charge in [-0.2, -0.15) is 8.78 Å². The Kier molecular flexibility index (Phi) is 5.19. The number of carbonyl (C=O) groups is 2. The van der Waals surface area contributed by atoms with Gasteiger partial charge in [-0.15, -0.1) is 0 Å². The van der Waals surface area contributed by atoms with Gasteiger partial charge in [-0.05, 0) is 30.7 Å². The number of carboxylic acids is 1. The molecular formula is C14H15F2NO6S. The van der Waals surface area contributed by atoms with Crippen molar-refractivity contribution in [1.29, 1.82) is 0 Å². The first-order valence-corrected chi connectivity index (χ1v) is 8.45. The molecule has 10 heteroatoms. The molecule has 1 atom stereocenters. The number of hydrogen-bond acceptors (Lipinski definition) is 5. The highest BCUT2D eigenvalue weighted by Gasteiger charge is 2.38. The van der Waals surface area contributed by atoms with Crippen LogP contribution >= 0.6 is 0 Å². The molecule has 24 heavy (non-hydrogen) atoms. The first kappa shape index (κ1) is 18.3. The summed E-state index contributed by atoms with van der Waals surface area (Å²) in [4.78, 5) is 22.6. The lowest BCUT2D eigenvalue weighted by Gasteiger charge is -2.27. The van der Waals surface area contributed by atoms with Crippen molar-refractivity contribution in [2.75, 3.05) is 13.2 Å². The number of ether oxygens (including phenoxy) is 1. The summed E-state index contributed by atoms with van der Waals surface area (Å²) < 4.78 is 52.7. The fourth-order valence-electron chi connectivity index (χ4n) is 2.39. The monoisotopic (exact) mass is 363 g/mol. The van der Waals surface area contributed by atoms with Gasteiger partial charge >= 0.3 is 11.7 Å². The smallest absolute Gasteiger partial charge is 0.341 e. The van der Waals surface area contributed by atoms with E-state index in [2.05, 4.69) is 5.32 Å². The Morgan fingerprint density at radius 1 is 1.29 bits per heavy atom. The molecule has 0 aliphatic carbocycles. The van der Waals surface area contributed by atoms with Gasteiger partial charge < -0.3 is 15.2 Å². The van der Waals surface area contributed by atoms with Crippen molar-refractivity contribution in [3.05, 3.63) is 29.8 Å². The van der Waals surface area contributed by atoms with Crippen molar-refractivity contribution in [3.8, 4) is 0 Å². The summed E-state index contributed by atoms with van der Waals surface area (Å²) in [5.74, 6) is -5.28. The minimum atomic E-state index is -4.73. The lowest BCUT2D eigenvalue weighted by molar-refractivity contribution is -0.138. The SMILES string of the molecule is O=C(O)CC1(NC(=O)c2ccc(S(=O)(=O)C(F)F)cc2)CCOC1. The lowest BCUT2D eigenvalue weighted by Crippen LogP contribution is -2.50. The number of sulfone groups is 1. The van der Waals surface area contributed by atoms with Gasteiger partial charge in [0.2, 0.25) is 9.84 Å². The Morgan fingerprint density at radius 3 is 2.38 bits per heavy atom. The average Bonchev–Trinajstić information content (AvgIpc) is 2.94. The second-order valence-corrected chi connectivity index (χ2v) is 7.36. The molecule has 1 saturated heterocycles. The van der Waals surface area contributed by atoms with Crippen LogP contribution in [0.5, 0.6) is 0 Å². The summed E-state index contributed by atoms with van der Waals surface area (Å²) >= 11 is 0. The van der Waals surface area contributed by atoms with E-state index in [4.69, 9.17) is 9.84 Å². The number of benzene rings is 1. The van der Waals surface area contributed by atoms with Crippen LogP contribution in [0, 0.1) is 0 Å². The van der Waals surface area contributed by atoms with Crippen molar-refractivity contribution in [2.45, 2.75) is 29.0 Å². The third kappa shape index (κ3) is 3.88. The third-order valence-electron chi connectivity index (χ3n) is 3.65. The minimum absolute atomic E-state index is 0.0277. The zero-order chi connectivity index (χ0) is 18.0. The maximum atomic E-state index is 12.5. The summed E-state index contributed by atoms with van der Waals surface area (Å²) in [6, 6.07) is 4.00. The van der Waals surface area contributed by atoms with Crippen LogP contribution in [0.2, 0.25) is 0 Å². The average molecular weight is 363 g/mol. The van der Waals surface area contributed by atoms with Gasteiger partial charge in [-0.3, -0.25) is 9.59 Å². The van der Waals surface area contributed by atoms with Crippen molar-refractivity contribution < 1.29 is 36.6 Å². The number of hydrogen-bond donors (Lipinski definition) is 2. The molecule has 132 valence electrons. The van der Waals surface area contributed by atoms with E-state index in [1.54, 1.807) is 0 Å². The Bertz CT molecular complexity index is 726. The first-order chi connectivity index (χ1) is 11.2. The van der Waals surface area contributed by atoms with E-state index in [0.717, 1.165) is 24.3 Å². The van der Waals surface area contributed by atoms with Crippen LogP contribution in [0.4, 0.5) is 8.78 Å². The van der Waals surface area contributed by atoms with Crippen LogP contribution in [0.3, 0.4) is 0 Å². The fourth-order valence-corrected chi connectivity index (χ4v) is 3.11. The minimum Gasteiger partial charge on any atom is -0.481 e. The van der Waals surface area contributed by atoms with Gasteiger partial charge in [0.25, 0.3) is 5.91 Å². The van der Waals surface area contributed by atoms with Gasteiger partial charge in [0.1, 0.15) is 0 Å². The molecule has 1 aliphatic heterocycles. The van der Waals surface area contributed by atoms with E-state index in [-0.39, 0.29) is 18.6 Å². The van der Waals surface area contributed by atoms with E-state index < -0.39 is 37.9 Å². The van der Waals surface area contributed by atoms with E-state index in [9.17, 15) is 26.8 Å². The largest absolute Gasteiger partial charge is 0.481 e. The molecule has 0 spiro atoms. The van der Waals surface area contributed by atoms with Gasteiger partial charge in [0, 0.05) is 12.2 Å². The van der Waals surface area contributed by atoms with E-state index in [1.165, 1.54) is 0 Å². The highest BCUT2D eigenvalue weighted by Crippen LogP contribution is 2.24. The zero-order valence-electron chi connectivity index (χ0n) is 12.4. The predicted molar refractivity (Wildman–Crippen MR) is 77.5 cm³/mol. The molecule has 2 rings (SSSR count). The molecule has 0 saturated carbocycles. The number of aliphatic carboxylic acids is 1. The summed E-state index contributed by atoms with van der Waals surface area (Å²) in [5.41, 5.74) is -1.02. The van der Waals surface area contributed by atoms with E-state index in [0.29, 0.717) is 13.0 Å². The fraction of sp³-hybridized carbons (Fsp3) is 0.429. The Hall–Kier alpha value is -2.07. The van der Waals surface area contributed by atoms with Gasteiger partial charge in [0.05, 0.1) is 23.5 Å². The maximum absolute atomic E-state index is 12.5. The van der Waals surface area contributed by atoms with Crippen LogP contribution < -0.4 is 5.32 Å². The Balaban J connectivity index is 2.17. The van der Waals surface area contributed by atoms with Crippen molar-refractivity contribution in [3.63, 3.8) is 0 Å². The Morgan fingerprint density at radius 2 is 1.92 bits per heavy atom. The number of nitrogens with one attached hydrogen (secondary N) is 1. The van der Waals surface area contributed by atoms with Gasteiger partial charge in [-0.1, -0.05) is 0 Å². The van der Waals surface area contributed by atoms with Crippen LogP contribution in [0.1, 0.15) is 23.2 Å². The molecule has 0 radical (unpaired) electrons. The van der Waals surface area contributed by atoms with Crippen LogP contribution in [-0.2, 0) is 19.4 Å². The highest BCUT2D eigenvalue weighted by molar-refractivity contribution is 7.91. The van der Waals surface area contributed by atoms with Crippen molar-refractivity contribution in [1.82, 2.24) is 5.32 Å².